The molecule has 0 saturated heterocycles. The monoisotopic (exact) mass is 214 g/mol. The molecule has 0 aromatic heterocycles. The Hall–Kier alpha value is -1.44. The summed E-state index contributed by atoms with van der Waals surface area (Å²) in [5, 5.41) is 0. The van der Waals surface area contributed by atoms with Crippen molar-refractivity contribution in [1.82, 2.24) is 9.80 Å². The number of hydrogen-bond donors (Lipinski definition) is 0. The van der Waals surface area contributed by atoms with E-state index in [2.05, 4.69) is 50.7 Å². The fourth-order valence-corrected chi connectivity index (χ4v) is 2.17. The van der Waals surface area contributed by atoms with Crippen molar-refractivity contribution in [3.63, 3.8) is 0 Å². The van der Waals surface area contributed by atoms with E-state index in [9.17, 15) is 0 Å². The van der Waals surface area contributed by atoms with Crippen LogP contribution in [0, 0.1) is 27.4 Å². The van der Waals surface area contributed by atoms with E-state index >= 15 is 0 Å². The number of benzene rings is 1. The van der Waals surface area contributed by atoms with E-state index in [4.69, 9.17) is 0 Å². The molecule has 0 saturated carbocycles. The smallest absolute Gasteiger partial charge is 0.207 e. The van der Waals surface area contributed by atoms with Crippen LogP contribution in [0.1, 0.15) is 22.3 Å². The van der Waals surface area contributed by atoms with Gasteiger partial charge in [0.05, 0.1) is 0 Å². The maximum atomic E-state index is 3.23. The Morgan fingerprint density at radius 1 is 1.06 bits per heavy atom. The van der Waals surface area contributed by atoms with Crippen LogP contribution in [0.3, 0.4) is 0 Å². The second-order valence-electron chi connectivity index (χ2n) is 4.51. The first-order valence-electron chi connectivity index (χ1n) is 5.57. The Balaban J connectivity index is 2.19. The molecular formula is C14H18N2. The van der Waals surface area contributed by atoms with Crippen LogP contribution in [-0.4, -0.2) is 16.8 Å². The number of rotatable bonds is 2. The quantitative estimate of drug-likeness (QED) is 0.747. The van der Waals surface area contributed by atoms with Gasteiger partial charge in [-0.2, -0.15) is 0 Å². The largest absolute Gasteiger partial charge is 0.349 e. The molecule has 0 fully saturated rings. The van der Waals surface area contributed by atoms with Crippen LogP contribution in [0.15, 0.2) is 24.5 Å². The normalized spacial score (nSPS) is 15.0. The lowest BCUT2D eigenvalue weighted by atomic mass is 9.99. The summed E-state index contributed by atoms with van der Waals surface area (Å²) in [6.45, 7) is 10.6. The number of nitrogens with zero attached hydrogens (tertiary/aromatic N) is 2. The number of aryl methyl sites for hydroxylation is 3. The van der Waals surface area contributed by atoms with Gasteiger partial charge in [-0.05, 0) is 37.5 Å². The summed E-state index contributed by atoms with van der Waals surface area (Å²) in [6.07, 6.45) is 4.07. The molecular weight excluding hydrogens is 196 g/mol. The van der Waals surface area contributed by atoms with Gasteiger partial charge in [0.1, 0.15) is 0 Å². The molecule has 1 aromatic carbocycles. The molecule has 2 rings (SSSR count). The van der Waals surface area contributed by atoms with Gasteiger partial charge in [-0.25, -0.2) is 0 Å². The van der Waals surface area contributed by atoms with Gasteiger partial charge in [-0.1, -0.05) is 17.7 Å². The lowest BCUT2D eigenvalue weighted by Gasteiger charge is -2.19. The standard InChI is InChI=1S/C14H18N2/c1-11-7-12(2)14(13(3)8-11)9-16-6-5-15(4)10-16/h5-8H,9H2,1-4H3. The van der Waals surface area contributed by atoms with Crippen molar-refractivity contribution in [1.29, 1.82) is 0 Å². The van der Waals surface area contributed by atoms with Crippen molar-refractivity contribution in [3.05, 3.63) is 53.5 Å². The van der Waals surface area contributed by atoms with Crippen LogP contribution < -0.4 is 0 Å². The molecule has 0 unspecified atom stereocenters. The highest BCUT2D eigenvalue weighted by Crippen LogP contribution is 2.21. The summed E-state index contributed by atoms with van der Waals surface area (Å²) in [5.41, 5.74) is 5.46. The van der Waals surface area contributed by atoms with Gasteiger partial charge in [-0.3, -0.25) is 0 Å². The lowest BCUT2D eigenvalue weighted by molar-refractivity contribution is 0.373. The van der Waals surface area contributed by atoms with Gasteiger partial charge in [0.25, 0.3) is 0 Å². The predicted octanol–water partition coefficient (Wildman–Crippen LogP) is 2.83. The molecule has 2 heteroatoms. The van der Waals surface area contributed by atoms with Crippen molar-refractivity contribution in [2.75, 3.05) is 7.05 Å². The van der Waals surface area contributed by atoms with Crippen molar-refractivity contribution >= 4 is 0 Å². The van der Waals surface area contributed by atoms with Crippen molar-refractivity contribution < 1.29 is 0 Å². The molecule has 16 heavy (non-hydrogen) atoms. The summed E-state index contributed by atoms with van der Waals surface area (Å²) < 4.78 is 0. The second kappa shape index (κ2) is 4.20. The second-order valence-corrected chi connectivity index (χ2v) is 4.51. The van der Waals surface area contributed by atoms with Gasteiger partial charge >= 0.3 is 0 Å². The summed E-state index contributed by atoms with van der Waals surface area (Å²) in [5.74, 6) is 0. The van der Waals surface area contributed by atoms with E-state index in [-0.39, 0.29) is 0 Å². The molecule has 0 atom stereocenters. The van der Waals surface area contributed by atoms with E-state index in [1.807, 2.05) is 18.1 Å². The molecule has 84 valence electrons. The van der Waals surface area contributed by atoms with Crippen LogP contribution in [0.2, 0.25) is 0 Å². The molecule has 0 aliphatic carbocycles. The first-order chi connectivity index (χ1) is 7.56. The summed E-state index contributed by atoms with van der Waals surface area (Å²) >= 11 is 0. The van der Waals surface area contributed by atoms with Crippen molar-refractivity contribution in [3.8, 4) is 0 Å². The Labute approximate surface area is 98.2 Å². The van der Waals surface area contributed by atoms with E-state index in [1.54, 1.807) is 0 Å². The minimum absolute atomic E-state index is 0.902. The van der Waals surface area contributed by atoms with Crippen LogP contribution in [0.5, 0.6) is 0 Å². The third-order valence-electron chi connectivity index (χ3n) is 2.93. The zero-order chi connectivity index (χ0) is 11.7. The molecule has 0 spiro atoms. The van der Waals surface area contributed by atoms with E-state index in [1.165, 1.54) is 22.3 Å². The molecule has 2 radical (unpaired) electrons. The predicted molar refractivity (Wildman–Crippen MR) is 66.3 cm³/mol. The minimum Gasteiger partial charge on any atom is -0.349 e. The number of hydrogen-bond acceptors (Lipinski definition) is 2. The van der Waals surface area contributed by atoms with Crippen molar-refractivity contribution in [2.24, 2.45) is 0 Å². The topological polar surface area (TPSA) is 6.48 Å². The molecule has 2 nitrogen and oxygen atoms in total. The van der Waals surface area contributed by atoms with Gasteiger partial charge in [0.2, 0.25) is 6.67 Å². The maximum absolute atomic E-state index is 3.23. The highest BCUT2D eigenvalue weighted by atomic mass is 15.3. The Kier molecular flexibility index (Phi) is 2.90. The van der Waals surface area contributed by atoms with Crippen LogP contribution in [-0.2, 0) is 6.54 Å². The van der Waals surface area contributed by atoms with Gasteiger partial charge in [0.15, 0.2) is 0 Å². The third-order valence-corrected chi connectivity index (χ3v) is 2.93. The molecule has 0 N–H and O–H groups in total. The average Bonchev–Trinajstić information content (AvgIpc) is 2.58. The summed E-state index contributed by atoms with van der Waals surface area (Å²) in [7, 11) is 1.99. The first-order valence-corrected chi connectivity index (χ1v) is 5.57. The fourth-order valence-electron chi connectivity index (χ4n) is 2.17. The summed E-state index contributed by atoms with van der Waals surface area (Å²) in [6, 6.07) is 4.48. The minimum atomic E-state index is 0.902. The van der Waals surface area contributed by atoms with Gasteiger partial charge in [-0.15, -0.1) is 0 Å². The van der Waals surface area contributed by atoms with Crippen molar-refractivity contribution in [2.45, 2.75) is 27.3 Å². The van der Waals surface area contributed by atoms with E-state index in [0.29, 0.717) is 0 Å². The summed E-state index contributed by atoms with van der Waals surface area (Å²) in [4.78, 5) is 4.03. The lowest BCUT2D eigenvalue weighted by Crippen LogP contribution is -2.17. The van der Waals surface area contributed by atoms with Gasteiger partial charge < -0.3 is 9.80 Å². The first kappa shape index (κ1) is 11.1. The highest BCUT2D eigenvalue weighted by Gasteiger charge is 2.13. The molecule has 0 amide bonds. The highest BCUT2D eigenvalue weighted by molar-refractivity contribution is 5.37. The van der Waals surface area contributed by atoms with Crippen LogP contribution in [0.25, 0.3) is 0 Å². The Morgan fingerprint density at radius 2 is 1.69 bits per heavy atom. The average molecular weight is 214 g/mol. The van der Waals surface area contributed by atoms with E-state index < -0.39 is 0 Å². The zero-order valence-electron chi connectivity index (χ0n) is 10.4. The van der Waals surface area contributed by atoms with Gasteiger partial charge in [0, 0.05) is 26.0 Å². The molecule has 1 aliphatic heterocycles. The third kappa shape index (κ3) is 2.21. The van der Waals surface area contributed by atoms with Crippen LogP contribution in [0.4, 0.5) is 0 Å². The molecule has 0 bridgehead atoms. The molecule has 1 aromatic rings. The fraction of sp³-hybridized carbons (Fsp3) is 0.357. The van der Waals surface area contributed by atoms with E-state index in [0.717, 1.165) is 6.54 Å². The Morgan fingerprint density at radius 3 is 2.19 bits per heavy atom. The molecule has 1 aliphatic rings. The SMILES string of the molecule is Cc1cc(C)c(CN2[C]N(C)C=C2)c(C)c1. The zero-order valence-corrected chi connectivity index (χ0v) is 10.4. The van der Waals surface area contributed by atoms with Crippen LogP contribution >= 0.6 is 0 Å². The maximum Gasteiger partial charge on any atom is 0.207 e. The Bertz CT molecular complexity index is 398. The molecule has 1 heterocycles.